The summed E-state index contributed by atoms with van der Waals surface area (Å²) in [5.41, 5.74) is 1.24. The van der Waals surface area contributed by atoms with Gasteiger partial charge in [0.1, 0.15) is 0 Å². The lowest BCUT2D eigenvalue weighted by Gasteiger charge is -2.19. The molecule has 1 atom stereocenters. The molecule has 104 valence electrons. The van der Waals surface area contributed by atoms with E-state index in [1.807, 2.05) is 13.1 Å². The number of nitrogens with zero attached hydrogens (tertiary/aromatic N) is 3. The van der Waals surface area contributed by atoms with Crippen molar-refractivity contribution < 1.29 is 9.90 Å². The average Bonchev–Trinajstić information content (AvgIpc) is 2.75. The molecule has 2 rings (SSSR count). The van der Waals surface area contributed by atoms with Gasteiger partial charge in [-0.1, -0.05) is 32.4 Å². The Labute approximate surface area is 117 Å². The molecule has 0 saturated heterocycles. The van der Waals surface area contributed by atoms with Gasteiger partial charge in [-0.15, -0.1) is 0 Å². The van der Waals surface area contributed by atoms with Gasteiger partial charge in [0.25, 0.3) is 5.91 Å². The molecule has 1 N–H and O–H groups in total. The summed E-state index contributed by atoms with van der Waals surface area (Å²) < 4.78 is 1.72. The Kier molecular flexibility index (Phi) is 3.23. The van der Waals surface area contributed by atoms with Crippen molar-refractivity contribution in [1.29, 1.82) is 0 Å². The predicted molar refractivity (Wildman–Crippen MR) is 74.0 cm³/mol. The van der Waals surface area contributed by atoms with E-state index in [9.17, 15) is 9.90 Å². The monoisotopic (exact) mass is 283 g/mol. The van der Waals surface area contributed by atoms with Crippen LogP contribution >= 0.6 is 11.6 Å². The number of carbonyl (C=O) groups excluding carboxylic acids is 1. The number of amides is 1. The Hall–Kier alpha value is -1.33. The van der Waals surface area contributed by atoms with E-state index in [4.69, 9.17) is 11.6 Å². The summed E-state index contributed by atoms with van der Waals surface area (Å²) in [5.74, 6) is 0.107. The highest BCUT2D eigenvalue weighted by Crippen LogP contribution is 2.33. The number of aliphatic hydroxyl groups is 1. The van der Waals surface area contributed by atoms with Crippen molar-refractivity contribution >= 4 is 23.3 Å². The number of anilines is 1. The molecule has 1 unspecified atom stereocenters. The Morgan fingerprint density at radius 1 is 1.42 bits per heavy atom. The fraction of sp³-hybridized carbons (Fsp3) is 0.538. The summed E-state index contributed by atoms with van der Waals surface area (Å²) >= 11 is 5.92. The first-order valence-corrected chi connectivity index (χ1v) is 6.45. The molecule has 0 radical (unpaired) electrons. The molecule has 19 heavy (non-hydrogen) atoms. The molecular weight excluding hydrogens is 266 g/mol. The molecule has 0 saturated carbocycles. The van der Waals surface area contributed by atoms with Gasteiger partial charge in [-0.25, -0.2) is 0 Å². The normalized spacial score (nSPS) is 20.7. The number of aryl methyl sites for hydroxylation is 1. The summed E-state index contributed by atoms with van der Waals surface area (Å²) in [4.78, 5) is 13.3. The number of rotatable bonds is 1. The van der Waals surface area contributed by atoms with Gasteiger partial charge in [0, 0.05) is 29.8 Å². The molecule has 1 aromatic rings. The van der Waals surface area contributed by atoms with E-state index in [1.165, 1.54) is 4.90 Å². The number of carbonyl (C=O) groups is 1. The molecule has 0 aromatic carbocycles. The summed E-state index contributed by atoms with van der Waals surface area (Å²) in [6.07, 6.45) is -1.14. The largest absolute Gasteiger partial charge is 0.368 e. The molecule has 1 aliphatic rings. The lowest BCUT2D eigenvalue weighted by molar-refractivity contribution is -0.115. The zero-order valence-electron chi connectivity index (χ0n) is 11.7. The third kappa shape index (κ3) is 2.17. The lowest BCUT2D eigenvalue weighted by Crippen LogP contribution is -2.35. The van der Waals surface area contributed by atoms with E-state index in [2.05, 4.69) is 25.9 Å². The molecular formula is C13H18ClN3O2. The van der Waals surface area contributed by atoms with Crippen molar-refractivity contribution in [1.82, 2.24) is 9.78 Å². The molecule has 1 aromatic heterocycles. The smallest absolute Gasteiger partial charge is 0.258 e. The van der Waals surface area contributed by atoms with E-state index in [1.54, 1.807) is 11.6 Å². The molecule has 0 fully saturated rings. The minimum absolute atomic E-state index is 0.0972. The molecule has 0 bridgehead atoms. The highest BCUT2D eigenvalue weighted by atomic mass is 35.5. The quantitative estimate of drug-likeness (QED) is 0.856. The molecule has 0 aliphatic carbocycles. The molecule has 0 spiro atoms. The first-order valence-electron chi connectivity index (χ1n) is 6.07. The van der Waals surface area contributed by atoms with Crippen molar-refractivity contribution in [3.8, 4) is 0 Å². The Morgan fingerprint density at radius 3 is 2.37 bits per heavy atom. The van der Waals surface area contributed by atoms with Gasteiger partial charge in [-0.3, -0.25) is 14.4 Å². The first-order chi connectivity index (χ1) is 8.64. The number of aromatic nitrogens is 2. The van der Waals surface area contributed by atoms with Gasteiger partial charge in [0.15, 0.2) is 12.0 Å². The van der Waals surface area contributed by atoms with Crippen molar-refractivity contribution in [3.05, 3.63) is 22.4 Å². The second-order valence-electron chi connectivity index (χ2n) is 5.78. The highest BCUT2D eigenvalue weighted by Gasteiger charge is 2.38. The van der Waals surface area contributed by atoms with Crippen LogP contribution in [0.2, 0.25) is 0 Å². The third-order valence-corrected chi connectivity index (χ3v) is 3.73. The maximum Gasteiger partial charge on any atom is 0.258 e. The topological polar surface area (TPSA) is 58.4 Å². The lowest BCUT2D eigenvalue weighted by atomic mass is 9.92. The van der Waals surface area contributed by atoms with Crippen LogP contribution in [-0.4, -0.2) is 27.0 Å². The first kappa shape index (κ1) is 14.1. The molecule has 2 heterocycles. The van der Waals surface area contributed by atoms with Gasteiger partial charge in [-0.2, -0.15) is 5.10 Å². The maximum atomic E-state index is 12.1. The van der Waals surface area contributed by atoms with Crippen molar-refractivity contribution in [2.24, 2.45) is 7.05 Å². The summed E-state index contributed by atoms with van der Waals surface area (Å²) in [6, 6.07) is 1.81. The van der Waals surface area contributed by atoms with E-state index in [-0.39, 0.29) is 16.4 Å². The second kappa shape index (κ2) is 4.35. The van der Waals surface area contributed by atoms with Crippen LogP contribution in [0.25, 0.3) is 0 Å². The zero-order chi connectivity index (χ0) is 14.5. The molecule has 6 heteroatoms. The van der Waals surface area contributed by atoms with Crippen molar-refractivity contribution in [2.75, 3.05) is 4.90 Å². The molecule has 5 nitrogen and oxygen atoms in total. The Bertz CT molecular complexity index is 569. The van der Waals surface area contributed by atoms with Crippen LogP contribution in [0.5, 0.6) is 0 Å². The number of halogens is 1. The van der Waals surface area contributed by atoms with Crippen molar-refractivity contribution in [3.63, 3.8) is 0 Å². The van der Waals surface area contributed by atoms with Gasteiger partial charge in [-0.05, 0) is 6.92 Å². The second-order valence-corrected chi connectivity index (χ2v) is 6.19. The minimum Gasteiger partial charge on any atom is -0.368 e. The van der Waals surface area contributed by atoms with Crippen LogP contribution in [0.3, 0.4) is 0 Å². The third-order valence-electron chi connectivity index (χ3n) is 3.25. The van der Waals surface area contributed by atoms with E-state index in [0.717, 1.165) is 5.69 Å². The predicted octanol–water partition coefficient (Wildman–Crippen LogP) is 1.90. The fourth-order valence-electron chi connectivity index (χ4n) is 2.20. The van der Waals surface area contributed by atoms with Crippen LogP contribution in [0.4, 0.5) is 5.82 Å². The van der Waals surface area contributed by atoms with E-state index < -0.39 is 6.23 Å². The highest BCUT2D eigenvalue weighted by molar-refractivity contribution is 6.35. The van der Waals surface area contributed by atoms with Crippen LogP contribution < -0.4 is 4.90 Å². The van der Waals surface area contributed by atoms with Crippen molar-refractivity contribution in [2.45, 2.75) is 39.3 Å². The fourth-order valence-corrected chi connectivity index (χ4v) is 2.38. The number of hydrogen-bond donors (Lipinski definition) is 1. The molecule has 1 aliphatic heterocycles. The summed E-state index contributed by atoms with van der Waals surface area (Å²) in [7, 11) is 1.82. The summed E-state index contributed by atoms with van der Waals surface area (Å²) in [6.45, 7) is 7.78. The number of aliphatic hydroxyl groups excluding tert-OH is 1. The van der Waals surface area contributed by atoms with Gasteiger partial charge in [0.2, 0.25) is 0 Å². The van der Waals surface area contributed by atoms with E-state index in [0.29, 0.717) is 11.4 Å². The van der Waals surface area contributed by atoms with Crippen LogP contribution in [0.1, 0.15) is 33.4 Å². The maximum absolute atomic E-state index is 12.1. The minimum atomic E-state index is -1.14. The standard InChI is InChI=1S/C13H18ClN3O2/c1-7-10(14)12(19)17(11(7)18)9-6-8(13(2,3)4)16(5)15-9/h6,12,19H,1-5H3. The average molecular weight is 284 g/mol. The Morgan fingerprint density at radius 2 is 2.00 bits per heavy atom. The molecule has 1 amide bonds. The number of hydrogen-bond acceptors (Lipinski definition) is 3. The van der Waals surface area contributed by atoms with Crippen LogP contribution in [0.15, 0.2) is 16.7 Å². The van der Waals surface area contributed by atoms with Gasteiger partial charge in [0.05, 0.1) is 5.03 Å². The summed E-state index contributed by atoms with van der Waals surface area (Å²) in [5, 5.41) is 14.5. The van der Waals surface area contributed by atoms with Crippen LogP contribution in [-0.2, 0) is 17.3 Å². The Balaban J connectivity index is 2.43. The zero-order valence-corrected chi connectivity index (χ0v) is 12.5. The SMILES string of the molecule is CC1=C(Cl)C(O)N(c2cc(C(C)(C)C)n(C)n2)C1=O. The van der Waals surface area contributed by atoms with Gasteiger partial charge < -0.3 is 5.11 Å². The van der Waals surface area contributed by atoms with E-state index >= 15 is 0 Å². The van der Waals surface area contributed by atoms with Gasteiger partial charge >= 0.3 is 0 Å². The van der Waals surface area contributed by atoms with Crippen LogP contribution in [0, 0.1) is 0 Å².